The number of rotatable bonds is 7. The van der Waals surface area contributed by atoms with Crippen LogP contribution in [0.4, 0.5) is 11.4 Å². The minimum atomic E-state index is -0.111. The Bertz CT molecular complexity index is 780. The fourth-order valence-electron chi connectivity index (χ4n) is 2.91. The maximum absolute atomic E-state index is 12.4. The maximum Gasteiger partial charge on any atom is 0.251 e. The zero-order valence-electron chi connectivity index (χ0n) is 14.8. The Morgan fingerprint density at radius 1 is 1.23 bits per heavy atom. The summed E-state index contributed by atoms with van der Waals surface area (Å²) in [7, 11) is 0. The molecule has 0 bridgehead atoms. The van der Waals surface area contributed by atoms with Crippen molar-refractivity contribution in [1.82, 2.24) is 5.32 Å². The number of hydrogen-bond donors (Lipinski definition) is 2. The Kier molecular flexibility index (Phi) is 6.17. The maximum atomic E-state index is 12.4. The molecule has 3 rings (SSSR count). The average molecular weight is 369 g/mol. The predicted octanol–water partition coefficient (Wildman–Crippen LogP) is 3.38. The van der Waals surface area contributed by atoms with Crippen LogP contribution < -0.4 is 15.5 Å². The van der Waals surface area contributed by atoms with Gasteiger partial charge in [0.1, 0.15) is 0 Å². The van der Waals surface area contributed by atoms with Gasteiger partial charge < -0.3 is 15.5 Å². The first-order valence-electron chi connectivity index (χ1n) is 8.82. The summed E-state index contributed by atoms with van der Waals surface area (Å²) in [5, 5.41) is 5.78. The molecule has 0 aromatic heterocycles. The number of thioether (sulfide) groups is 1. The number of nitrogens with one attached hydrogen (secondary N) is 2. The van der Waals surface area contributed by atoms with E-state index in [0.717, 1.165) is 30.1 Å². The van der Waals surface area contributed by atoms with E-state index in [0.29, 0.717) is 17.9 Å². The highest BCUT2D eigenvalue weighted by Gasteiger charge is 2.17. The summed E-state index contributed by atoms with van der Waals surface area (Å²) >= 11 is 1.49. The number of carbonyl (C=O) groups is 2. The van der Waals surface area contributed by atoms with Crippen molar-refractivity contribution in [2.24, 2.45) is 0 Å². The Labute approximate surface area is 158 Å². The van der Waals surface area contributed by atoms with Crippen LogP contribution in [0, 0.1) is 0 Å². The SMILES string of the molecule is CCN(CCCNC(=O)c1ccc2c(c1)NC(=O)CS2)c1ccccc1. The minimum Gasteiger partial charge on any atom is -0.372 e. The second-order valence-corrected chi connectivity index (χ2v) is 7.09. The highest BCUT2D eigenvalue weighted by molar-refractivity contribution is 8.00. The van der Waals surface area contributed by atoms with Crippen LogP contribution in [0.25, 0.3) is 0 Å². The van der Waals surface area contributed by atoms with Crippen LogP contribution in [0.5, 0.6) is 0 Å². The summed E-state index contributed by atoms with van der Waals surface area (Å²) < 4.78 is 0. The molecule has 2 amide bonds. The van der Waals surface area contributed by atoms with Crippen molar-refractivity contribution < 1.29 is 9.59 Å². The molecule has 1 heterocycles. The van der Waals surface area contributed by atoms with Crippen LogP contribution in [-0.4, -0.2) is 37.2 Å². The zero-order chi connectivity index (χ0) is 18.4. The van der Waals surface area contributed by atoms with Crippen LogP contribution in [0.3, 0.4) is 0 Å². The molecule has 6 heteroatoms. The third-order valence-corrected chi connectivity index (χ3v) is 5.34. The molecule has 0 radical (unpaired) electrons. The van der Waals surface area contributed by atoms with E-state index in [9.17, 15) is 9.59 Å². The molecule has 2 N–H and O–H groups in total. The van der Waals surface area contributed by atoms with Gasteiger partial charge in [-0.05, 0) is 43.7 Å². The number of amides is 2. The van der Waals surface area contributed by atoms with Gasteiger partial charge in [-0.2, -0.15) is 0 Å². The standard InChI is InChI=1S/C20H23N3O2S/c1-2-23(16-7-4-3-5-8-16)12-6-11-21-20(25)15-9-10-18-17(13-15)22-19(24)14-26-18/h3-5,7-10,13H,2,6,11-12,14H2,1H3,(H,21,25)(H,22,24). The van der Waals surface area contributed by atoms with Crippen molar-refractivity contribution in [1.29, 1.82) is 0 Å². The van der Waals surface area contributed by atoms with Gasteiger partial charge in [0.2, 0.25) is 5.91 Å². The lowest BCUT2D eigenvalue weighted by Crippen LogP contribution is -2.30. The van der Waals surface area contributed by atoms with E-state index in [-0.39, 0.29) is 11.8 Å². The van der Waals surface area contributed by atoms with E-state index in [1.54, 1.807) is 12.1 Å². The lowest BCUT2D eigenvalue weighted by atomic mass is 10.1. The Hall–Kier alpha value is -2.47. The van der Waals surface area contributed by atoms with Gasteiger partial charge in [0.05, 0.1) is 11.4 Å². The number of carbonyl (C=O) groups excluding carboxylic acids is 2. The summed E-state index contributed by atoms with van der Waals surface area (Å²) in [6.45, 7) is 4.56. The van der Waals surface area contributed by atoms with Gasteiger partial charge in [0, 0.05) is 35.8 Å². The van der Waals surface area contributed by atoms with Gasteiger partial charge >= 0.3 is 0 Å². The number of anilines is 2. The monoisotopic (exact) mass is 369 g/mol. The molecule has 1 aliphatic rings. The molecule has 0 atom stereocenters. The van der Waals surface area contributed by atoms with E-state index in [2.05, 4.69) is 34.6 Å². The van der Waals surface area contributed by atoms with Gasteiger partial charge in [-0.15, -0.1) is 11.8 Å². The quantitative estimate of drug-likeness (QED) is 0.735. The summed E-state index contributed by atoms with van der Waals surface area (Å²) in [4.78, 5) is 27.1. The molecule has 0 saturated carbocycles. The molecule has 0 fully saturated rings. The van der Waals surface area contributed by atoms with Crippen molar-refractivity contribution in [3.8, 4) is 0 Å². The van der Waals surface area contributed by atoms with E-state index in [4.69, 9.17) is 0 Å². The molecule has 0 saturated heterocycles. The molecule has 2 aromatic carbocycles. The molecular weight excluding hydrogens is 346 g/mol. The third kappa shape index (κ3) is 4.58. The summed E-state index contributed by atoms with van der Waals surface area (Å²) in [6.07, 6.45) is 0.867. The van der Waals surface area contributed by atoms with Crippen LogP contribution in [0.15, 0.2) is 53.4 Å². The first-order chi connectivity index (χ1) is 12.7. The molecule has 5 nitrogen and oxygen atoms in total. The summed E-state index contributed by atoms with van der Waals surface area (Å²) in [6, 6.07) is 15.7. The topological polar surface area (TPSA) is 61.4 Å². The lowest BCUT2D eigenvalue weighted by Gasteiger charge is -2.23. The number of nitrogens with zero attached hydrogens (tertiary/aromatic N) is 1. The third-order valence-electron chi connectivity index (χ3n) is 4.27. The molecule has 0 spiro atoms. The molecule has 1 aliphatic heterocycles. The molecule has 26 heavy (non-hydrogen) atoms. The summed E-state index contributed by atoms with van der Waals surface area (Å²) in [5.41, 5.74) is 2.49. The molecule has 136 valence electrons. The second kappa shape index (κ2) is 8.76. The van der Waals surface area contributed by atoms with Crippen molar-refractivity contribution in [2.45, 2.75) is 18.2 Å². The molecular formula is C20H23N3O2S. The van der Waals surface area contributed by atoms with E-state index >= 15 is 0 Å². The van der Waals surface area contributed by atoms with Gasteiger partial charge in [0.25, 0.3) is 5.91 Å². The minimum absolute atomic E-state index is 0.0272. The Balaban J connectivity index is 1.50. The first kappa shape index (κ1) is 18.3. The first-order valence-corrected chi connectivity index (χ1v) is 9.81. The Morgan fingerprint density at radius 2 is 2.04 bits per heavy atom. The highest BCUT2D eigenvalue weighted by Crippen LogP contribution is 2.31. The largest absolute Gasteiger partial charge is 0.372 e. The molecule has 0 unspecified atom stereocenters. The highest BCUT2D eigenvalue weighted by atomic mass is 32.2. The number of benzene rings is 2. The van der Waals surface area contributed by atoms with Gasteiger partial charge in [0.15, 0.2) is 0 Å². The van der Waals surface area contributed by atoms with Crippen LogP contribution in [-0.2, 0) is 4.79 Å². The number of hydrogen-bond acceptors (Lipinski definition) is 4. The van der Waals surface area contributed by atoms with Crippen LogP contribution in [0.1, 0.15) is 23.7 Å². The van der Waals surface area contributed by atoms with Crippen LogP contribution >= 0.6 is 11.8 Å². The normalized spacial score (nSPS) is 12.9. The molecule has 0 aliphatic carbocycles. The fourth-order valence-corrected chi connectivity index (χ4v) is 3.70. The Morgan fingerprint density at radius 3 is 2.81 bits per heavy atom. The average Bonchev–Trinajstić information content (AvgIpc) is 2.68. The smallest absolute Gasteiger partial charge is 0.251 e. The van der Waals surface area contributed by atoms with Crippen molar-refractivity contribution in [3.05, 3.63) is 54.1 Å². The predicted molar refractivity (Wildman–Crippen MR) is 107 cm³/mol. The zero-order valence-corrected chi connectivity index (χ0v) is 15.6. The van der Waals surface area contributed by atoms with Gasteiger partial charge in [-0.25, -0.2) is 0 Å². The van der Waals surface area contributed by atoms with Crippen molar-refractivity contribution in [3.63, 3.8) is 0 Å². The fraction of sp³-hybridized carbons (Fsp3) is 0.300. The van der Waals surface area contributed by atoms with E-state index in [1.807, 2.05) is 24.3 Å². The van der Waals surface area contributed by atoms with Gasteiger partial charge in [-0.1, -0.05) is 18.2 Å². The molecule has 2 aromatic rings. The van der Waals surface area contributed by atoms with Gasteiger partial charge in [-0.3, -0.25) is 9.59 Å². The number of para-hydroxylation sites is 1. The van der Waals surface area contributed by atoms with Crippen molar-refractivity contribution >= 4 is 35.0 Å². The van der Waals surface area contributed by atoms with Crippen LogP contribution in [0.2, 0.25) is 0 Å². The summed E-state index contributed by atoms with van der Waals surface area (Å²) in [5.74, 6) is 0.287. The number of fused-ring (bicyclic) bond motifs is 1. The van der Waals surface area contributed by atoms with Crippen molar-refractivity contribution in [2.75, 3.05) is 35.6 Å². The van der Waals surface area contributed by atoms with E-state index < -0.39 is 0 Å². The second-order valence-electron chi connectivity index (χ2n) is 6.07. The van der Waals surface area contributed by atoms with E-state index in [1.165, 1.54) is 17.4 Å². The lowest BCUT2D eigenvalue weighted by molar-refractivity contribution is -0.113.